The molecular weight excluding hydrogens is 194 g/mol. The maximum absolute atomic E-state index is 3.41. The Morgan fingerprint density at radius 2 is 1.50 bits per heavy atom. The van der Waals surface area contributed by atoms with Crippen molar-refractivity contribution in [3.8, 4) is 0 Å². The molecule has 2 rings (SSSR count). The Bertz CT molecular complexity index is 501. The Kier molecular flexibility index (Phi) is 2.95. The van der Waals surface area contributed by atoms with Crippen LogP contribution in [0.25, 0.3) is 0 Å². The zero-order valence-electron chi connectivity index (χ0n) is 10.0. The van der Waals surface area contributed by atoms with Gasteiger partial charge in [0.1, 0.15) is 0 Å². The average molecular weight is 211 g/mol. The van der Waals surface area contributed by atoms with E-state index < -0.39 is 0 Å². The first-order valence-corrected chi connectivity index (χ1v) is 5.56. The summed E-state index contributed by atoms with van der Waals surface area (Å²) in [5.74, 6) is 0. The molecular formula is C15H17N. The highest BCUT2D eigenvalue weighted by Crippen LogP contribution is 2.20. The molecule has 0 saturated carbocycles. The maximum atomic E-state index is 3.41. The standard InChI is InChI=1S/C15H17N/c1-11-5-4-6-14(9-11)16-15-8-7-12(2)13(3)10-15/h4-10,16H,1-3H3. The molecule has 0 aliphatic carbocycles. The molecule has 0 fully saturated rings. The van der Waals surface area contributed by atoms with Crippen LogP contribution in [0.5, 0.6) is 0 Å². The molecule has 1 N–H and O–H groups in total. The van der Waals surface area contributed by atoms with E-state index in [0.29, 0.717) is 0 Å². The summed E-state index contributed by atoms with van der Waals surface area (Å²) < 4.78 is 0. The molecule has 1 nitrogen and oxygen atoms in total. The lowest BCUT2D eigenvalue weighted by atomic mass is 10.1. The zero-order chi connectivity index (χ0) is 11.5. The second-order valence-corrected chi connectivity index (χ2v) is 4.29. The average Bonchev–Trinajstić information content (AvgIpc) is 2.24. The first kappa shape index (κ1) is 10.7. The number of aryl methyl sites for hydroxylation is 3. The van der Waals surface area contributed by atoms with Gasteiger partial charge in [-0.2, -0.15) is 0 Å². The van der Waals surface area contributed by atoms with Gasteiger partial charge in [0.25, 0.3) is 0 Å². The van der Waals surface area contributed by atoms with E-state index in [4.69, 9.17) is 0 Å². The van der Waals surface area contributed by atoms with Gasteiger partial charge in [0, 0.05) is 11.4 Å². The minimum atomic E-state index is 1.14. The van der Waals surface area contributed by atoms with Crippen molar-refractivity contribution in [2.24, 2.45) is 0 Å². The number of anilines is 2. The molecule has 82 valence electrons. The lowest BCUT2D eigenvalue weighted by molar-refractivity contribution is 1.33. The summed E-state index contributed by atoms with van der Waals surface area (Å²) in [7, 11) is 0. The minimum absolute atomic E-state index is 1.14. The second-order valence-electron chi connectivity index (χ2n) is 4.29. The van der Waals surface area contributed by atoms with E-state index in [0.717, 1.165) is 11.4 Å². The fourth-order valence-electron chi connectivity index (χ4n) is 1.71. The molecule has 0 aliphatic heterocycles. The van der Waals surface area contributed by atoms with Crippen molar-refractivity contribution in [1.29, 1.82) is 0 Å². The predicted molar refractivity (Wildman–Crippen MR) is 70.4 cm³/mol. The molecule has 0 heterocycles. The fraction of sp³-hybridized carbons (Fsp3) is 0.200. The molecule has 0 aromatic heterocycles. The van der Waals surface area contributed by atoms with E-state index in [2.05, 4.69) is 68.6 Å². The SMILES string of the molecule is Cc1cccc(Nc2ccc(C)c(C)c2)c1. The monoisotopic (exact) mass is 211 g/mol. The second kappa shape index (κ2) is 4.40. The Balaban J connectivity index is 2.24. The molecule has 0 aliphatic rings. The highest BCUT2D eigenvalue weighted by atomic mass is 14.9. The Morgan fingerprint density at radius 1 is 0.750 bits per heavy atom. The minimum Gasteiger partial charge on any atom is -0.356 e. The van der Waals surface area contributed by atoms with Crippen LogP contribution in [0.4, 0.5) is 11.4 Å². The molecule has 0 bridgehead atoms. The lowest BCUT2D eigenvalue weighted by Crippen LogP contribution is -1.92. The van der Waals surface area contributed by atoms with Crippen molar-refractivity contribution in [1.82, 2.24) is 0 Å². The van der Waals surface area contributed by atoms with Crippen molar-refractivity contribution in [2.75, 3.05) is 5.32 Å². The van der Waals surface area contributed by atoms with E-state index in [-0.39, 0.29) is 0 Å². The van der Waals surface area contributed by atoms with Crippen LogP contribution in [-0.2, 0) is 0 Å². The third-order valence-corrected chi connectivity index (χ3v) is 2.81. The molecule has 0 unspecified atom stereocenters. The Labute approximate surface area is 97.1 Å². The van der Waals surface area contributed by atoms with Crippen molar-refractivity contribution >= 4 is 11.4 Å². The van der Waals surface area contributed by atoms with E-state index in [1.54, 1.807) is 0 Å². The maximum Gasteiger partial charge on any atom is 0.0387 e. The summed E-state index contributed by atoms with van der Waals surface area (Å²) >= 11 is 0. The van der Waals surface area contributed by atoms with Gasteiger partial charge in [-0.15, -0.1) is 0 Å². The number of hydrogen-bond acceptors (Lipinski definition) is 1. The van der Waals surface area contributed by atoms with Crippen LogP contribution < -0.4 is 5.32 Å². The highest BCUT2D eigenvalue weighted by molar-refractivity contribution is 5.61. The van der Waals surface area contributed by atoms with E-state index >= 15 is 0 Å². The molecule has 16 heavy (non-hydrogen) atoms. The summed E-state index contributed by atoms with van der Waals surface area (Å²) in [5.41, 5.74) is 6.21. The van der Waals surface area contributed by atoms with Crippen LogP contribution in [0, 0.1) is 20.8 Å². The van der Waals surface area contributed by atoms with Crippen molar-refractivity contribution in [2.45, 2.75) is 20.8 Å². The number of hydrogen-bond donors (Lipinski definition) is 1. The zero-order valence-corrected chi connectivity index (χ0v) is 10.0. The van der Waals surface area contributed by atoms with E-state index in [9.17, 15) is 0 Å². The van der Waals surface area contributed by atoms with E-state index in [1.165, 1.54) is 16.7 Å². The number of rotatable bonds is 2. The van der Waals surface area contributed by atoms with Crippen molar-refractivity contribution < 1.29 is 0 Å². The number of nitrogens with one attached hydrogen (secondary N) is 1. The van der Waals surface area contributed by atoms with Crippen LogP contribution >= 0.6 is 0 Å². The summed E-state index contributed by atoms with van der Waals surface area (Å²) in [6.07, 6.45) is 0. The molecule has 2 aromatic carbocycles. The molecule has 0 atom stereocenters. The van der Waals surface area contributed by atoms with Crippen molar-refractivity contribution in [3.63, 3.8) is 0 Å². The molecule has 1 heteroatoms. The largest absolute Gasteiger partial charge is 0.356 e. The van der Waals surface area contributed by atoms with Gasteiger partial charge in [-0.25, -0.2) is 0 Å². The van der Waals surface area contributed by atoms with Gasteiger partial charge >= 0.3 is 0 Å². The summed E-state index contributed by atoms with van der Waals surface area (Å²) in [5, 5.41) is 3.41. The number of benzene rings is 2. The van der Waals surface area contributed by atoms with E-state index in [1.807, 2.05) is 0 Å². The van der Waals surface area contributed by atoms with Gasteiger partial charge in [-0.1, -0.05) is 18.2 Å². The van der Waals surface area contributed by atoms with Gasteiger partial charge in [-0.3, -0.25) is 0 Å². The highest BCUT2D eigenvalue weighted by Gasteiger charge is 1.97. The predicted octanol–water partition coefficient (Wildman–Crippen LogP) is 4.36. The van der Waals surface area contributed by atoms with Crippen LogP contribution in [0.1, 0.15) is 16.7 Å². The first-order valence-electron chi connectivity index (χ1n) is 5.56. The molecule has 0 radical (unpaired) electrons. The van der Waals surface area contributed by atoms with Gasteiger partial charge in [0.15, 0.2) is 0 Å². The summed E-state index contributed by atoms with van der Waals surface area (Å²) in [6.45, 7) is 6.37. The van der Waals surface area contributed by atoms with Gasteiger partial charge in [-0.05, 0) is 61.7 Å². The molecule has 0 spiro atoms. The van der Waals surface area contributed by atoms with Crippen LogP contribution in [0.2, 0.25) is 0 Å². The summed E-state index contributed by atoms with van der Waals surface area (Å²) in [4.78, 5) is 0. The van der Waals surface area contributed by atoms with Gasteiger partial charge < -0.3 is 5.32 Å². The van der Waals surface area contributed by atoms with Gasteiger partial charge in [0.05, 0.1) is 0 Å². The normalized spacial score (nSPS) is 10.2. The smallest absolute Gasteiger partial charge is 0.0387 e. The van der Waals surface area contributed by atoms with Gasteiger partial charge in [0.2, 0.25) is 0 Å². The Morgan fingerprint density at radius 3 is 2.19 bits per heavy atom. The Hall–Kier alpha value is -1.76. The van der Waals surface area contributed by atoms with Crippen molar-refractivity contribution in [3.05, 3.63) is 59.2 Å². The summed E-state index contributed by atoms with van der Waals surface area (Å²) in [6, 6.07) is 14.8. The molecule has 0 amide bonds. The topological polar surface area (TPSA) is 12.0 Å². The quantitative estimate of drug-likeness (QED) is 0.778. The third kappa shape index (κ3) is 2.43. The van der Waals surface area contributed by atoms with Crippen LogP contribution in [0.3, 0.4) is 0 Å². The molecule has 2 aromatic rings. The first-order chi connectivity index (χ1) is 7.65. The van der Waals surface area contributed by atoms with Crippen LogP contribution in [-0.4, -0.2) is 0 Å². The third-order valence-electron chi connectivity index (χ3n) is 2.81. The van der Waals surface area contributed by atoms with Crippen LogP contribution in [0.15, 0.2) is 42.5 Å². The fourth-order valence-corrected chi connectivity index (χ4v) is 1.71. The molecule has 0 saturated heterocycles. The lowest BCUT2D eigenvalue weighted by Gasteiger charge is -2.09.